The molecule has 0 amide bonds. The zero-order valence-electron chi connectivity index (χ0n) is 19.6. The van der Waals surface area contributed by atoms with Gasteiger partial charge in [0, 0.05) is 41.4 Å². The fraction of sp³-hybridized carbons (Fsp3) is 0.0690. The second-order valence-corrected chi connectivity index (χ2v) is 9.29. The highest BCUT2D eigenvalue weighted by atomic mass is 35.5. The van der Waals surface area contributed by atoms with E-state index in [4.69, 9.17) is 28.2 Å². The number of hydrogen-bond acceptors (Lipinski definition) is 4. The third-order valence-corrected chi connectivity index (χ3v) is 6.46. The van der Waals surface area contributed by atoms with Gasteiger partial charge < -0.3 is 14.6 Å². The molecule has 2 heterocycles. The third-order valence-electron chi connectivity index (χ3n) is 5.91. The van der Waals surface area contributed by atoms with Gasteiger partial charge in [-0.15, -0.1) is 0 Å². The van der Waals surface area contributed by atoms with E-state index < -0.39 is 5.97 Å². The number of halogens is 2. The second kappa shape index (κ2) is 10.9. The van der Waals surface area contributed by atoms with E-state index in [0.29, 0.717) is 23.3 Å². The number of benzene rings is 3. The summed E-state index contributed by atoms with van der Waals surface area (Å²) in [5.41, 5.74) is 4.79. The molecule has 0 radical (unpaired) electrons. The number of hydrogen-bond donors (Lipinski definition) is 1. The molecule has 1 aliphatic rings. The largest absolute Gasteiger partial charge is 0.478 e. The molecule has 6 nitrogen and oxygen atoms in total. The van der Waals surface area contributed by atoms with Crippen LogP contribution in [0.2, 0.25) is 10.0 Å². The second-order valence-electron chi connectivity index (χ2n) is 8.45. The molecule has 0 fully saturated rings. The van der Waals surface area contributed by atoms with Gasteiger partial charge in [0.05, 0.1) is 16.3 Å². The summed E-state index contributed by atoms with van der Waals surface area (Å²) in [5, 5.41) is 10.3. The fourth-order valence-electron chi connectivity index (χ4n) is 3.97. The molecular formula is C29H22Cl2N4O2. The Morgan fingerprint density at radius 2 is 1.78 bits per heavy atom. The van der Waals surface area contributed by atoms with Crippen molar-refractivity contribution in [2.24, 2.45) is 4.99 Å². The van der Waals surface area contributed by atoms with Crippen LogP contribution in [0, 0.1) is 0 Å². The number of aromatic nitrogens is 2. The normalized spacial score (nSPS) is 13.0. The van der Waals surface area contributed by atoms with Crippen LogP contribution in [0.3, 0.4) is 0 Å². The number of anilines is 1. The lowest BCUT2D eigenvalue weighted by Crippen LogP contribution is -2.18. The summed E-state index contributed by atoms with van der Waals surface area (Å²) in [5.74, 6) is -0.215. The van der Waals surface area contributed by atoms with Crippen molar-refractivity contribution >= 4 is 53.2 Å². The Labute approximate surface area is 224 Å². The lowest BCUT2D eigenvalue weighted by Gasteiger charge is -2.19. The number of carbonyl (C=O) groups is 1. The van der Waals surface area contributed by atoms with E-state index in [9.17, 15) is 9.90 Å². The Bertz CT molecular complexity index is 1520. The first-order valence-electron chi connectivity index (χ1n) is 11.5. The molecule has 37 heavy (non-hydrogen) atoms. The number of imidazole rings is 1. The molecule has 8 heteroatoms. The van der Waals surface area contributed by atoms with Crippen molar-refractivity contribution in [1.29, 1.82) is 0 Å². The highest BCUT2D eigenvalue weighted by Gasteiger charge is 2.12. The maximum atomic E-state index is 11.2. The predicted octanol–water partition coefficient (Wildman–Crippen LogP) is 7.14. The molecule has 0 aliphatic carbocycles. The van der Waals surface area contributed by atoms with Crippen LogP contribution >= 0.6 is 23.2 Å². The van der Waals surface area contributed by atoms with E-state index in [1.807, 2.05) is 65.5 Å². The summed E-state index contributed by atoms with van der Waals surface area (Å²) in [6.45, 7) is 1.12. The summed E-state index contributed by atoms with van der Waals surface area (Å²) in [6.07, 6.45) is 11.6. The highest BCUT2D eigenvalue weighted by molar-refractivity contribution is 6.36. The summed E-state index contributed by atoms with van der Waals surface area (Å²) in [7, 11) is 0. The average molecular weight is 529 g/mol. The first kappa shape index (κ1) is 24.6. The van der Waals surface area contributed by atoms with Gasteiger partial charge in [0.25, 0.3) is 0 Å². The van der Waals surface area contributed by atoms with Gasteiger partial charge >= 0.3 is 5.97 Å². The van der Waals surface area contributed by atoms with E-state index in [1.54, 1.807) is 30.5 Å². The van der Waals surface area contributed by atoms with Crippen molar-refractivity contribution in [2.45, 2.75) is 6.54 Å². The van der Waals surface area contributed by atoms with Gasteiger partial charge in [-0.2, -0.15) is 0 Å². The van der Waals surface area contributed by atoms with Crippen LogP contribution in [0.25, 0.3) is 23.4 Å². The minimum Gasteiger partial charge on any atom is -0.478 e. The summed E-state index contributed by atoms with van der Waals surface area (Å²) < 4.78 is 2.01. The molecule has 0 spiro atoms. The van der Waals surface area contributed by atoms with Crippen molar-refractivity contribution < 1.29 is 9.90 Å². The predicted molar refractivity (Wildman–Crippen MR) is 151 cm³/mol. The van der Waals surface area contributed by atoms with Gasteiger partial charge in [0.15, 0.2) is 0 Å². The van der Waals surface area contributed by atoms with Crippen LogP contribution in [0.5, 0.6) is 0 Å². The quantitative estimate of drug-likeness (QED) is 0.276. The van der Waals surface area contributed by atoms with Crippen LogP contribution < -0.4 is 4.90 Å². The van der Waals surface area contributed by atoms with Crippen LogP contribution in [-0.4, -0.2) is 33.5 Å². The number of carboxylic acids is 1. The average Bonchev–Trinajstić information content (AvgIpc) is 3.30. The minimum atomic E-state index is -0.951. The van der Waals surface area contributed by atoms with Gasteiger partial charge in [-0.25, -0.2) is 9.78 Å². The number of aromatic carboxylic acids is 1. The van der Waals surface area contributed by atoms with E-state index in [-0.39, 0.29) is 5.56 Å². The SMILES string of the molecule is O=C(O)c1ccc(Cn2cc(-c3ccc(Cl)cc3Cl)nc2C=Cc2ccc(N3C=CC=NC3)cc2)cc1. The lowest BCUT2D eigenvalue weighted by molar-refractivity contribution is 0.0697. The molecule has 0 atom stereocenters. The van der Waals surface area contributed by atoms with E-state index >= 15 is 0 Å². The standard InChI is InChI=1S/C29H22Cl2N4O2/c30-23-9-12-25(26(31)16-23)27-18-35(17-21-2-7-22(8-3-21)29(36)37)28(33-27)13-6-20-4-10-24(11-5-20)34-15-1-14-32-19-34/h1-16,18H,17,19H2,(H,36,37). The highest BCUT2D eigenvalue weighted by Crippen LogP contribution is 2.30. The zero-order valence-corrected chi connectivity index (χ0v) is 21.1. The molecule has 1 N–H and O–H groups in total. The van der Waals surface area contributed by atoms with Gasteiger partial charge in [-0.3, -0.25) is 4.99 Å². The van der Waals surface area contributed by atoms with Crippen molar-refractivity contribution in [1.82, 2.24) is 9.55 Å². The van der Waals surface area contributed by atoms with Crippen molar-refractivity contribution in [3.8, 4) is 11.3 Å². The van der Waals surface area contributed by atoms with Crippen molar-refractivity contribution in [3.63, 3.8) is 0 Å². The summed E-state index contributed by atoms with van der Waals surface area (Å²) in [4.78, 5) is 22.4. The number of aliphatic imine (C=N–C) groups is 1. The molecule has 4 aromatic rings. The maximum Gasteiger partial charge on any atom is 0.335 e. The zero-order chi connectivity index (χ0) is 25.8. The molecule has 1 aliphatic heterocycles. The number of nitrogens with zero attached hydrogens (tertiary/aromatic N) is 4. The van der Waals surface area contributed by atoms with Gasteiger partial charge in [-0.05, 0) is 65.7 Å². The fourth-order valence-corrected chi connectivity index (χ4v) is 4.47. The van der Waals surface area contributed by atoms with E-state index in [2.05, 4.69) is 22.0 Å². The van der Waals surface area contributed by atoms with E-state index in [0.717, 1.165) is 33.9 Å². The van der Waals surface area contributed by atoms with Gasteiger partial charge in [-0.1, -0.05) is 53.5 Å². The molecule has 184 valence electrons. The maximum absolute atomic E-state index is 11.2. The molecule has 0 bridgehead atoms. The first-order chi connectivity index (χ1) is 18.0. The molecular weight excluding hydrogens is 507 g/mol. The Morgan fingerprint density at radius 3 is 2.46 bits per heavy atom. The summed E-state index contributed by atoms with van der Waals surface area (Å²) in [6, 6.07) is 20.4. The van der Waals surface area contributed by atoms with Crippen LogP contribution in [0.15, 0.2) is 90.2 Å². The Kier molecular flexibility index (Phi) is 7.21. The third kappa shape index (κ3) is 5.82. The summed E-state index contributed by atoms with van der Waals surface area (Å²) >= 11 is 12.5. The van der Waals surface area contributed by atoms with Crippen LogP contribution in [0.4, 0.5) is 5.69 Å². The topological polar surface area (TPSA) is 70.7 Å². The number of allylic oxidation sites excluding steroid dienone is 1. The monoisotopic (exact) mass is 528 g/mol. The van der Waals surface area contributed by atoms with Gasteiger partial charge in [0.2, 0.25) is 0 Å². The molecule has 0 saturated heterocycles. The first-order valence-corrected chi connectivity index (χ1v) is 12.3. The number of rotatable bonds is 7. The van der Waals surface area contributed by atoms with Crippen LogP contribution in [-0.2, 0) is 6.54 Å². The minimum absolute atomic E-state index is 0.249. The molecule has 1 aromatic heterocycles. The number of carboxylic acid groups (broad SMARTS) is 1. The Hall–Kier alpha value is -4.13. The van der Waals surface area contributed by atoms with Crippen molar-refractivity contribution in [3.05, 3.63) is 118 Å². The molecule has 0 unspecified atom stereocenters. The lowest BCUT2D eigenvalue weighted by atomic mass is 10.1. The molecule has 5 rings (SSSR count). The van der Waals surface area contributed by atoms with E-state index in [1.165, 1.54) is 0 Å². The molecule has 0 saturated carbocycles. The Balaban J connectivity index is 1.44. The van der Waals surface area contributed by atoms with Crippen LogP contribution in [0.1, 0.15) is 27.3 Å². The van der Waals surface area contributed by atoms with Crippen molar-refractivity contribution in [2.75, 3.05) is 11.6 Å². The smallest absolute Gasteiger partial charge is 0.335 e. The van der Waals surface area contributed by atoms with Gasteiger partial charge in [0.1, 0.15) is 12.5 Å². The molecule has 3 aromatic carbocycles. The Morgan fingerprint density at radius 1 is 1.00 bits per heavy atom.